The molecule has 49 heavy (non-hydrogen) atoms. The summed E-state index contributed by atoms with van der Waals surface area (Å²) < 4.78 is 32.7. The molecule has 0 saturated carbocycles. The van der Waals surface area contributed by atoms with Crippen molar-refractivity contribution in [2.75, 3.05) is 0 Å². The Kier molecular flexibility index (Phi) is 11.7. The van der Waals surface area contributed by atoms with Crippen molar-refractivity contribution in [1.29, 1.82) is 0 Å². The van der Waals surface area contributed by atoms with E-state index in [-0.39, 0.29) is 34.3 Å². The quantitative estimate of drug-likeness (QED) is 0.154. The first-order valence-corrected chi connectivity index (χ1v) is 18.7. The Morgan fingerprint density at radius 2 is 0.837 bits per heavy atom. The fourth-order valence-corrected chi connectivity index (χ4v) is 6.97. The number of hydrogen-bond donors (Lipinski definition) is 0. The Balaban J connectivity index is 2.09. The zero-order valence-electron chi connectivity index (χ0n) is 32.0. The molecule has 2 unspecified atom stereocenters. The largest absolute Gasteiger partial charge is 0.488 e. The molecule has 0 bridgehead atoms. The molecule has 0 aliphatic carbocycles. The molecule has 0 fully saturated rings. The monoisotopic (exact) mass is 702 g/mol. The van der Waals surface area contributed by atoms with Crippen LogP contribution in [0.1, 0.15) is 111 Å². The minimum atomic E-state index is -0.416. The maximum absolute atomic E-state index is 6.83. The number of benzene rings is 4. The van der Waals surface area contributed by atoms with E-state index in [1.54, 1.807) is 0 Å². The van der Waals surface area contributed by atoms with Crippen LogP contribution in [-0.4, -0.2) is 5.60 Å². The summed E-state index contributed by atoms with van der Waals surface area (Å²) in [6, 6.07) is 24.1. The van der Waals surface area contributed by atoms with Crippen molar-refractivity contribution in [2.45, 2.75) is 119 Å². The zero-order chi connectivity index (χ0) is 36.4. The highest BCUT2D eigenvalue weighted by Crippen LogP contribution is 2.55. The van der Waals surface area contributed by atoms with Crippen LogP contribution in [0.2, 0.25) is 0 Å². The molecule has 0 aliphatic heterocycles. The molecule has 7 heteroatoms. The molecule has 4 rings (SSSR count). The summed E-state index contributed by atoms with van der Waals surface area (Å²) in [5.74, 6) is 3.90. The third-order valence-electron chi connectivity index (χ3n) is 8.21. The van der Waals surface area contributed by atoms with Crippen molar-refractivity contribution in [3.05, 3.63) is 101 Å². The van der Waals surface area contributed by atoms with E-state index in [1.165, 1.54) is 5.56 Å². The Bertz CT molecular complexity index is 1720. The minimum Gasteiger partial charge on any atom is -0.488 e. The molecule has 4 aromatic carbocycles. The van der Waals surface area contributed by atoms with Gasteiger partial charge in [-0.15, -0.1) is 0 Å². The minimum absolute atomic E-state index is 0.139. The zero-order valence-corrected chi connectivity index (χ0v) is 34.0. The third kappa shape index (κ3) is 9.71. The van der Waals surface area contributed by atoms with Crippen LogP contribution in [-0.2, 0) is 16.2 Å². The first-order valence-electron chi connectivity index (χ1n) is 17.0. The summed E-state index contributed by atoms with van der Waals surface area (Å²) in [7, 11) is -0.530. The van der Waals surface area contributed by atoms with Gasteiger partial charge < -0.3 is 22.8 Å². The molecule has 0 saturated heterocycles. The van der Waals surface area contributed by atoms with Crippen LogP contribution in [0.5, 0.6) is 28.7 Å². The Hall–Kier alpha value is -3.26. The number of hydrogen-bond acceptors (Lipinski definition) is 5. The average molecular weight is 703 g/mol. The molecular formula is C42H56O5P2. The van der Waals surface area contributed by atoms with Gasteiger partial charge in [0, 0.05) is 27.8 Å². The lowest BCUT2D eigenvalue weighted by molar-refractivity contribution is 0.129. The first-order chi connectivity index (χ1) is 22.7. The highest BCUT2D eigenvalue weighted by Gasteiger charge is 2.35. The van der Waals surface area contributed by atoms with Crippen LogP contribution in [0.3, 0.4) is 0 Å². The van der Waals surface area contributed by atoms with E-state index in [0.29, 0.717) is 0 Å². The van der Waals surface area contributed by atoms with Gasteiger partial charge in [0.05, 0.1) is 0 Å². The van der Waals surface area contributed by atoms with Gasteiger partial charge in [-0.25, -0.2) is 0 Å². The number of rotatable bonds is 10. The van der Waals surface area contributed by atoms with Crippen molar-refractivity contribution in [1.82, 2.24) is 0 Å². The molecule has 264 valence electrons. The molecule has 0 aliphatic rings. The van der Waals surface area contributed by atoms with Crippen molar-refractivity contribution in [2.24, 2.45) is 0 Å². The molecular weight excluding hydrogens is 646 g/mol. The second-order valence-electron chi connectivity index (χ2n) is 16.7. The molecule has 0 radical (unpaired) electrons. The topological polar surface area (TPSA) is 46.2 Å². The molecule has 4 aromatic rings. The molecule has 0 heterocycles. The van der Waals surface area contributed by atoms with Crippen molar-refractivity contribution >= 4 is 18.1 Å². The van der Waals surface area contributed by atoms with Crippen molar-refractivity contribution in [3.63, 3.8) is 0 Å². The van der Waals surface area contributed by atoms with Gasteiger partial charge in [-0.3, -0.25) is 0 Å². The fourth-order valence-electron chi connectivity index (χ4n) is 5.83. The lowest BCUT2D eigenvalue weighted by Gasteiger charge is -2.34. The lowest BCUT2D eigenvalue weighted by atomic mass is 9.74. The van der Waals surface area contributed by atoms with Gasteiger partial charge in [-0.1, -0.05) is 105 Å². The summed E-state index contributed by atoms with van der Waals surface area (Å²) in [6.45, 7) is 30.7. The SMILES string of the molecule is Cc1c(OC(C)(C)C)cc(C(C)(C)C)c(OPOc2ccccc2)c1-c1c(C)c(C(C)(C)C)cc(C(C)(C)C)c1OPOc1ccccc1. The molecule has 0 spiro atoms. The highest BCUT2D eigenvalue weighted by molar-refractivity contribution is 7.27. The van der Waals surface area contributed by atoms with Crippen LogP contribution in [0.4, 0.5) is 0 Å². The van der Waals surface area contributed by atoms with E-state index in [1.807, 2.05) is 60.7 Å². The van der Waals surface area contributed by atoms with E-state index in [9.17, 15) is 0 Å². The summed E-state index contributed by atoms with van der Waals surface area (Å²) >= 11 is 0. The first kappa shape index (κ1) is 38.5. The van der Waals surface area contributed by atoms with Gasteiger partial charge in [-0.05, 0) is 92.3 Å². The van der Waals surface area contributed by atoms with Gasteiger partial charge in [0.15, 0.2) is 0 Å². The normalized spacial score (nSPS) is 12.9. The fraction of sp³-hybridized carbons (Fsp3) is 0.429. The predicted octanol–water partition coefficient (Wildman–Crippen LogP) is 13.0. The average Bonchev–Trinajstić information content (AvgIpc) is 2.98. The smallest absolute Gasteiger partial charge is 0.275 e. The number of para-hydroxylation sites is 2. The van der Waals surface area contributed by atoms with E-state index >= 15 is 0 Å². The second-order valence-corrected chi connectivity index (χ2v) is 17.9. The van der Waals surface area contributed by atoms with E-state index in [0.717, 1.165) is 62.1 Å². The standard InChI is InChI=1S/C42H56O5P2/c1-27-31(39(3,4)5)25-32(40(6,7)8)37(46-48-44-29-21-17-15-18-22-29)35(27)36-28(2)34(43-42(12,13)14)26-33(41(9,10)11)38(36)47-49-45-30-23-19-16-20-24-30/h15-26,48-49H,1-14H3. The molecule has 0 amide bonds. The van der Waals surface area contributed by atoms with Crippen LogP contribution < -0.4 is 22.8 Å². The Morgan fingerprint density at radius 3 is 1.22 bits per heavy atom. The molecule has 0 N–H and O–H groups in total. The van der Waals surface area contributed by atoms with E-state index in [4.69, 9.17) is 22.8 Å². The summed E-state index contributed by atoms with van der Waals surface area (Å²) in [5, 5.41) is 0. The maximum atomic E-state index is 6.83. The van der Waals surface area contributed by atoms with Gasteiger partial charge in [0.25, 0.3) is 18.1 Å². The Labute approximate surface area is 299 Å². The van der Waals surface area contributed by atoms with E-state index < -0.39 is 5.60 Å². The van der Waals surface area contributed by atoms with Crippen LogP contribution in [0.25, 0.3) is 11.1 Å². The summed E-state index contributed by atoms with van der Waals surface area (Å²) in [6.07, 6.45) is 0. The van der Waals surface area contributed by atoms with Crippen LogP contribution in [0, 0.1) is 13.8 Å². The number of ether oxygens (including phenoxy) is 1. The molecule has 0 aromatic heterocycles. The predicted molar refractivity (Wildman–Crippen MR) is 210 cm³/mol. The maximum Gasteiger partial charge on any atom is 0.275 e. The third-order valence-corrected chi connectivity index (χ3v) is 9.43. The van der Waals surface area contributed by atoms with Gasteiger partial charge in [0.1, 0.15) is 34.3 Å². The van der Waals surface area contributed by atoms with Gasteiger partial charge >= 0.3 is 0 Å². The highest BCUT2D eigenvalue weighted by atomic mass is 31.1. The van der Waals surface area contributed by atoms with Gasteiger partial charge in [-0.2, -0.15) is 0 Å². The van der Waals surface area contributed by atoms with E-state index in [2.05, 4.69) is 109 Å². The summed E-state index contributed by atoms with van der Waals surface area (Å²) in [4.78, 5) is 0. The Morgan fingerprint density at radius 1 is 0.449 bits per heavy atom. The molecule has 5 nitrogen and oxygen atoms in total. The molecule has 2 atom stereocenters. The van der Waals surface area contributed by atoms with Crippen LogP contribution >= 0.6 is 18.1 Å². The van der Waals surface area contributed by atoms with Gasteiger partial charge in [0.2, 0.25) is 0 Å². The van der Waals surface area contributed by atoms with Crippen LogP contribution in [0.15, 0.2) is 72.8 Å². The summed E-state index contributed by atoms with van der Waals surface area (Å²) in [5.41, 5.74) is 6.36. The lowest BCUT2D eigenvalue weighted by Crippen LogP contribution is -2.24. The second kappa shape index (κ2) is 14.9. The van der Waals surface area contributed by atoms with Crippen molar-refractivity contribution < 1.29 is 22.8 Å². The van der Waals surface area contributed by atoms with Crippen molar-refractivity contribution in [3.8, 4) is 39.9 Å².